The predicted molar refractivity (Wildman–Crippen MR) is 64.2 cm³/mol. The van der Waals surface area contributed by atoms with Gasteiger partial charge in [-0.3, -0.25) is 0 Å². The van der Waals surface area contributed by atoms with Gasteiger partial charge in [-0.05, 0) is 24.8 Å². The lowest BCUT2D eigenvalue weighted by atomic mass is 9.80. The van der Waals surface area contributed by atoms with Crippen LogP contribution in [0.15, 0.2) is 16.4 Å². The first kappa shape index (κ1) is 11.9. The van der Waals surface area contributed by atoms with Crippen molar-refractivity contribution in [1.29, 1.82) is 0 Å². The highest BCUT2D eigenvalue weighted by atomic mass is 15.2. The topological polar surface area (TPSA) is 76.4 Å². The Bertz CT molecular complexity index is 293. The lowest BCUT2D eigenvalue weighted by Gasteiger charge is -2.39. The highest BCUT2D eigenvalue weighted by Gasteiger charge is 2.35. The summed E-state index contributed by atoms with van der Waals surface area (Å²) >= 11 is 0. The van der Waals surface area contributed by atoms with E-state index in [2.05, 4.69) is 31.1 Å². The van der Waals surface area contributed by atoms with E-state index in [1.54, 1.807) is 0 Å². The van der Waals surface area contributed by atoms with E-state index < -0.39 is 0 Å². The molecule has 4 heteroatoms. The van der Waals surface area contributed by atoms with Gasteiger partial charge in [-0.2, -0.15) is 4.99 Å². The zero-order chi connectivity index (χ0) is 11.5. The number of rotatable bonds is 4. The Morgan fingerprint density at radius 1 is 1.27 bits per heavy atom. The van der Waals surface area contributed by atoms with Gasteiger partial charge >= 0.3 is 0 Å². The largest absolute Gasteiger partial charge is 0.384 e. The highest BCUT2D eigenvalue weighted by Crippen LogP contribution is 2.32. The lowest BCUT2D eigenvalue weighted by Crippen LogP contribution is -2.55. The summed E-state index contributed by atoms with van der Waals surface area (Å²) in [6, 6.07) is 0. The third kappa shape index (κ3) is 2.08. The number of nitrogens with two attached hydrogens (primary N) is 2. The molecule has 5 N–H and O–H groups in total. The van der Waals surface area contributed by atoms with Crippen molar-refractivity contribution in [2.75, 3.05) is 0 Å². The van der Waals surface area contributed by atoms with E-state index in [0.29, 0.717) is 11.8 Å². The normalized spacial score (nSPS) is 26.2. The van der Waals surface area contributed by atoms with E-state index >= 15 is 0 Å². The molecular formula is C11H22N4. The fourth-order valence-electron chi connectivity index (χ4n) is 2.43. The molecule has 0 amide bonds. The van der Waals surface area contributed by atoms with Crippen LogP contribution >= 0.6 is 0 Å². The monoisotopic (exact) mass is 210 g/mol. The molecule has 0 aromatic heterocycles. The fraction of sp³-hybridized carbons (Fsp3) is 0.727. The summed E-state index contributed by atoms with van der Waals surface area (Å²) in [6.07, 6.45) is 4.05. The minimum atomic E-state index is -0.0700. The lowest BCUT2D eigenvalue weighted by molar-refractivity contribution is 0.374. The summed E-state index contributed by atoms with van der Waals surface area (Å²) in [5, 5.41) is 3.30. The quantitative estimate of drug-likeness (QED) is 0.657. The minimum Gasteiger partial charge on any atom is -0.384 e. The molecule has 0 aromatic rings. The van der Waals surface area contributed by atoms with Gasteiger partial charge < -0.3 is 16.8 Å². The van der Waals surface area contributed by atoms with Crippen LogP contribution in [0.5, 0.6) is 0 Å². The minimum absolute atomic E-state index is 0.0700. The summed E-state index contributed by atoms with van der Waals surface area (Å²) in [6.45, 7) is 6.44. The maximum Gasteiger partial charge on any atom is 0.195 e. The Labute approximate surface area is 91.8 Å². The van der Waals surface area contributed by atoms with Crippen LogP contribution in [0.3, 0.4) is 0 Å². The molecule has 0 saturated carbocycles. The first-order valence-electron chi connectivity index (χ1n) is 5.71. The van der Waals surface area contributed by atoms with Crippen LogP contribution in [0, 0.1) is 0 Å². The molecule has 1 aliphatic heterocycles. The van der Waals surface area contributed by atoms with Crippen LogP contribution in [0.4, 0.5) is 0 Å². The standard InChI is InChI=1S/C11H22N4/c1-4-7-11(6-3)8(5-2)9(12)14-10(13)15-11/h4-7,12H2,1-3H3,(H3,13,14,15). The molecule has 15 heavy (non-hydrogen) atoms. The molecule has 0 spiro atoms. The van der Waals surface area contributed by atoms with Crippen LogP contribution < -0.4 is 16.8 Å². The number of hydrogen-bond donors (Lipinski definition) is 3. The maximum absolute atomic E-state index is 5.93. The van der Waals surface area contributed by atoms with Crippen molar-refractivity contribution in [2.24, 2.45) is 16.5 Å². The van der Waals surface area contributed by atoms with Gasteiger partial charge in [0, 0.05) is 0 Å². The average Bonchev–Trinajstić information content (AvgIpc) is 2.17. The Balaban J connectivity index is 3.12. The van der Waals surface area contributed by atoms with E-state index in [-0.39, 0.29) is 5.54 Å². The Morgan fingerprint density at radius 2 is 1.93 bits per heavy atom. The van der Waals surface area contributed by atoms with Gasteiger partial charge in [-0.25, -0.2) is 0 Å². The fourth-order valence-corrected chi connectivity index (χ4v) is 2.43. The van der Waals surface area contributed by atoms with Crippen LogP contribution in [0.2, 0.25) is 0 Å². The molecule has 1 aliphatic rings. The van der Waals surface area contributed by atoms with Crippen molar-refractivity contribution >= 4 is 5.96 Å². The molecule has 86 valence electrons. The van der Waals surface area contributed by atoms with Crippen molar-refractivity contribution in [3.63, 3.8) is 0 Å². The van der Waals surface area contributed by atoms with Crippen molar-refractivity contribution in [2.45, 2.75) is 52.0 Å². The zero-order valence-electron chi connectivity index (χ0n) is 9.93. The van der Waals surface area contributed by atoms with E-state index in [0.717, 1.165) is 25.7 Å². The number of nitrogens with one attached hydrogen (secondary N) is 1. The highest BCUT2D eigenvalue weighted by molar-refractivity contribution is 5.81. The molecule has 1 unspecified atom stereocenters. The van der Waals surface area contributed by atoms with Crippen LogP contribution in [0.25, 0.3) is 0 Å². The number of nitrogens with zero attached hydrogens (tertiary/aromatic N) is 1. The molecule has 0 saturated heterocycles. The van der Waals surface area contributed by atoms with Crippen LogP contribution in [-0.2, 0) is 0 Å². The van der Waals surface area contributed by atoms with Crippen molar-refractivity contribution in [3.8, 4) is 0 Å². The Hall–Kier alpha value is -1.19. The second kappa shape index (κ2) is 4.55. The van der Waals surface area contributed by atoms with Crippen molar-refractivity contribution < 1.29 is 0 Å². The van der Waals surface area contributed by atoms with E-state index in [1.807, 2.05) is 0 Å². The zero-order valence-corrected chi connectivity index (χ0v) is 9.93. The van der Waals surface area contributed by atoms with Gasteiger partial charge in [-0.15, -0.1) is 0 Å². The molecule has 0 bridgehead atoms. The van der Waals surface area contributed by atoms with Gasteiger partial charge in [0.05, 0.1) is 5.54 Å². The second-order valence-corrected chi connectivity index (χ2v) is 4.03. The molecular weight excluding hydrogens is 188 g/mol. The molecule has 0 fully saturated rings. The molecule has 0 radical (unpaired) electrons. The van der Waals surface area contributed by atoms with E-state index in [9.17, 15) is 0 Å². The third-order valence-corrected chi connectivity index (χ3v) is 3.13. The van der Waals surface area contributed by atoms with E-state index in [1.165, 1.54) is 5.57 Å². The van der Waals surface area contributed by atoms with Gasteiger partial charge in [-0.1, -0.05) is 27.2 Å². The van der Waals surface area contributed by atoms with Crippen molar-refractivity contribution in [3.05, 3.63) is 11.4 Å². The molecule has 1 heterocycles. The molecule has 4 nitrogen and oxygen atoms in total. The number of aliphatic imine (C=N–C) groups is 1. The second-order valence-electron chi connectivity index (χ2n) is 4.03. The molecule has 1 atom stereocenters. The summed E-state index contributed by atoms with van der Waals surface area (Å²) in [5.74, 6) is 1.05. The van der Waals surface area contributed by atoms with Crippen LogP contribution in [-0.4, -0.2) is 11.5 Å². The smallest absolute Gasteiger partial charge is 0.195 e. The first-order chi connectivity index (χ1) is 7.09. The Kier molecular flexibility index (Phi) is 3.61. The molecule has 0 aliphatic carbocycles. The number of guanidine groups is 1. The van der Waals surface area contributed by atoms with Gasteiger partial charge in [0.2, 0.25) is 0 Å². The Morgan fingerprint density at radius 3 is 2.40 bits per heavy atom. The molecule has 1 rings (SSSR count). The first-order valence-corrected chi connectivity index (χ1v) is 5.71. The number of hydrogen-bond acceptors (Lipinski definition) is 4. The third-order valence-electron chi connectivity index (χ3n) is 3.13. The van der Waals surface area contributed by atoms with Gasteiger partial charge in [0.25, 0.3) is 0 Å². The van der Waals surface area contributed by atoms with E-state index in [4.69, 9.17) is 11.5 Å². The average molecular weight is 210 g/mol. The van der Waals surface area contributed by atoms with Gasteiger partial charge in [0.15, 0.2) is 5.96 Å². The maximum atomic E-state index is 5.93. The summed E-state index contributed by atoms with van der Waals surface area (Å²) in [4.78, 5) is 4.10. The van der Waals surface area contributed by atoms with Crippen LogP contribution in [0.1, 0.15) is 46.5 Å². The summed E-state index contributed by atoms with van der Waals surface area (Å²) in [5.41, 5.74) is 12.8. The summed E-state index contributed by atoms with van der Waals surface area (Å²) < 4.78 is 0. The SMILES string of the molecule is CCCC1(CC)NC(N)=NC(N)=C1CC. The van der Waals surface area contributed by atoms with Gasteiger partial charge in [0.1, 0.15) is 5.82 Å². The summed E-state index contributed by atoms with van der Waals surface area (Å²) in [7, 11) is 0. The molecule has 0 aromatic carbocycles. The van der Waals surface area contributed by atoms with Crippen molar-refractivity contribution in [1.82, 2.24) is 5.32 Å². The predicted octanol–water partition coefficient (Wildman–Crippen LogP) is 1.43.